The van der Waals surface area contributed by atoms with Crippen molar-refractivity contribution in [3.8, 4) is 10.6 Å². The Hall–Kier alpha value is -0.850. The van der Waals surface area contributed by atoms with E-state index in [1.165, 1.54) is 17.4 Å². The molecule has 114 valence electrons. The van der Waals surface area contributed by atoms with Crippen LogP contribution in [0.2, 0.25) is 0 Å². The fraction of sp³-hybridized carbons (Fsp3) is 0.467. The van der Waals surface area contributed by atoms with Gasteiger partial charge in [0.25, 0.3) is 0 Å². The molecule has 1 aromatic carbocycles. The molecule has 0 saturated carbocycles. The highest BCUT2D eigenvalue weighted by Crippen LogP contribution is 2.28. The number of hydrogen-bond donors (Lipinski definition) is 1. The third-order valence-electron chi connectivity index (χ3n) is 2.85. The Labute approximate surface area is 137 Å². The molecular weight excluding hydrogens is 353 g/mol. The molecule has 0 atom stereocenters. The van der Waals surface area contributed by atoms with Crippen LogP contribution in [-0.4, -0.2) is 22.3 Å². The van der Waals surface area contributed by atoms with Gasteiger partial charge in [0, 0.05) is 22.0 Å². The van der Waals surface area contributed by atoms with Gasteiger partial charge in [0.2, 0.25) is 0 Å². The fourth-order valence-corrected chi connectivity index (χ4v) is 3.07. The van der Waals surface area contributed by atoms with Crippen LogP contribution in [0.4, 0.5) is 4.39 Å². The highest BCUT2D eigenvalue weighted by molar-refractivity contribution is 9.10. The summed E-state index contributed by atoms with van der Waals surface area (Å²) in [6.07, 6.45) is 1.85. The predicted octanol–water partition coefficient (Wildman–Crippen LogP) is 4.43. The summed E-state index contributed by atoms with van der Waals surface area (Å²) in [5.74, 6) is -0.276. The van der Waals surface area contributed by atoms with Crippen molar-refractivity contribution in [1.29, 1.82) is 0 Å². The number of halogens is 2. The van der Waals surface area contributed by atoms with E-state index in [0.29, 0.717) is 10.6 Å². The van der Waals surface area contributed by atoms with Crippen LogP contribution in [0.15, 0.2) is 22.7 Å². The summed E-state index contributed by atoms with van der Waals surface area (Å²) in [5, 5.41) is 13.3. The second kappa shape index (κ2) is 6.94. The molecule has 2 aromatic rings. The summed E-state index contributed by atoms with van der Waals surface area (Å²) in [5.41, 5.74) is 0.641. The third kappa shape index (κ3) is 5.13. The number of nitrogens with one attached hydrogen (secondary N) is 1. The van der Waals surface area contributed by atoms with Crippen LogP contribution in [0.1, 0.15) is 32.2 Å². The average Bonchev–Trinajstić information content (AvgIpc) is 2.82. The second-order valence-electron chi connectivity index (χ2n) is 5.91. The van der Waals surface area contributed by atoms with Crippen LogP contribution >= 0.6 is 27.3 Å². The summed E-state index contributed by atoms with van der Waals surface area (Å²) < 4.78 is 14.6. The molecule has 1 aromatic heterocycles. The Bertz CT molecular complexity index is 607. The Kier molecular flexibility index (Phi) is 5.46. The molecule has 3 nitrogen and oxygen atoms in total. The Morgan fingerprint density at radius 3 is 2.71 bits per heavy atom. The monoisotopic (exact) mass is 371 g/mol. The van der Waals surface area contributed by atoms with Crippen molar-refractivity contribution in [2.45, 2.75) is 39.2 Å². The Morgan fingerprint density at radius 1 is 1.29 bits per heavy atom. The van der Waals surface area contributed by atoms with Gasteiger partial charge in [-0.3, -0.25) is 0 Å². The quantitative estimate of drug-likeness (QED) is 0.790. The summed E-state index contributed by atoms with van der Waals surface area (Å²) >= 11 is 4.71. The lowest BCUT2D eigenvalue weighted by atomic mass is 10.1. The number of nitrogens with zero attached hydrogens (tertiary/aromatic N) is 2. The molecule has 0 unspecified atom stereocenters. The number of aromatic nitrogens is 2. The van der Waals surface area contributed by atoms with E-state index in [0.717, 1.165) is 28.9 Å². The lowest BCUT2D eigenvalue weighted by Gasteiger charge is -2.20. The molecule has 0 radical (unpaired) electrons. The van der Waals surface area contributed by atoms with Crippen LogP contribution in [0, 0.1) is 5.82 Å². The molecular formula is C15H19BrFN3S. The molecule has 0 aliphatic rings. The van der Waals surface area contributed by atoms with Crippen LogP contribution < -0.4 is 5.32 Å². The highest BCUT2D eigenvalue weighted by atomic mass is 79.9. The van der Waals surface area contributed by atoms with Gasteiger partial charge in [-0.2, -0.15) is 0 Å². The Balaban J connectivity index is 1.95. The average molecular weight is 372 g/mol. The van der Waals surface area contributed by atoms with Gasteiger partial charge in [-0.05, 0) is 51.9 Å². The SMILES string of the molecule is CC(C)(C)NCCCc1nnc(-c2ccc(Br)cc2F)s1. The van der Waals surface area contributed by atoms with Crippen molar-refractivity contribution in [3.63, 3.8) is 0 Å². The molecule has 0 amide bonds. The van der Waals surface area contributed by atoms with E-state index in [1.54, 1.807) is 6.07 Å². The zero-order valence-corrected chi connectivity index (χ0v) is 14.8. The van der Waals surface area contributed by atoms with E-state index in [2.05, 4.69) is 52.2 Å². The van der Waals surface area contributed by atoms with Crippen molar-refractivity contribution < 1.29 is 4.39 Å². The van der Waals surface area contributed by atoms with Crippen LogP contribution in [0.3, 0.4) is 0 Å². The molecule has 2 rings (SSSR count). The van der Waals surface area contributed by atoms with Gasteiger partial charge in [-0.1, -0.05) is 27.3 Å². The molecule has 6 heteroatoms. The highest BCUT2D eigenvalue weighted by Gasteiger charge is 2.12. The molecule has 21 heavy (non-hydrogen) atoms. The molecule has 0 saturated heterocycles. The van der Waals surface area contributed by atoms with E-state index in [1.807, 2.05) is 6.07 Å². The van der Waals surface area contributed by atoms with Crippen molar-refractivity contribution in [1.82, 2.24) is 15.5 Å². The van der Waals surface area contributed by atoms with E-state index in [9.17, 15) is 4.39 Å². The maximum Gasteiger partial charge on any atom is 0.150 e. The van der Waals surface area contributed by atoms with Crippen molar-refractivity contribution in [2.24, 2.45) is 0 Å². The summed E-state index contributed by atoms with van der Waals surface area (Å²) in [6.45, 7) is 7.37. The molecule has 1 heterocycles. The number of rotatable bonds is 5. The first-order valence-corrected chi connectivity index (χ1v) is 8.49. The smallest absolute Gasteiger partial charge is 0.150 e. The fourth-order valence-electron chi connectivity index (χ4n) is 1.83. The van der Waals surface area contributed by atoms with Gasteiger partial charge < -0.3 is 5.32 Å². The molecule has 0 bridgehead atoms. The lowest BCUT2D eigenvalue weighted by Crippen LogP contribution is -2.36. The van der Waals surface area contributed by atoms with Crippen LogP contribution in [0.25, 0.3) is 10.6 Å². The third-order valence-corrected chi connectivity index (χ3v) is 4.36. The maximum atomic E-state index is 13.9. The first kappa shape index (κ1) is 16.5. The van der Waals surface area contributed by atoms with Gasteiger partial charge in [0.1, 0.15) is 10.8 Å². The number of hydrogen-bond acceptors (Lipinski definition) is 4. The minimum absolute atomic E-state index is 0.132. The lowest BCUT2D eigenvalue weighted by molar-refractivity contribution is 0.422. The molecule has 0 spiro atoms. The summed E-state index contributed by atoms with van der Waals surface area (Å²) in [4.78, 5) is 0. The van der Waals surface area contributed by atoms with Gasteiger partial charge >= 0.3 is 0 Å². The number of aryl methyl sites for hydroxylation is 1. The number of benzene rings is 1. The van der Waals surface area contributed by atoms with Crippen molar-refractivity contribution >= 4 is 27.3 Å². The summed E-state index contributed by atoms with van der Waals surface area (Å²) in [6, 6.07) is 4.99. The maximum absolute atomic E-state index is 13.9. The minimum Gasteiger partial charge on any atom is -0.312 e. The van der Waals surface area contributed by atoms with E-state index in [4.69, 9.17) is 0 Å². The zero-order chi connectivity index (χ0) is 15.5. The van der Waals surface area contributed by atoms with Gasteiger partial charge in [0.15, 0.2) is 5.01 Å². The Morgan fingerprint density at radius 2 is 2.05 bits per heavy atom. The van der Waals surface area contributed by atoms with E-state index >= 15 is 0 Å². The predicted molar refractivity (Wildman–Crippen MR) is 89.1 cm³/mol. The first-order valence-electron chi connectivity index (χ1n) is 6.88. The van der Waals surface area contributed by atoms with E-state index < -0.39 is 0 Å². The van der Waals surface area contributed by atoms with Crippen molar-refractivity contribution in [2.75, 3.05) is 6.54 Å². The van der Waals surface area contributed by atoms with Gasteiger partial charge in [-0.25, -0.2) is 4.39 Å². The van der Waals surface area contributed by atoms with Crippen molar-refractivity contribution in [3.05, 3.63) is 33.5 Å². The molecule has 1 N–H and O–H groups in total. The van der Waals surface area contributed by atoms with Crippen LogP contribution in [0.5, 0.6) is 0 Å². The normalized spacial score (nSPS) is 11.9. The molecule has 0 fully saturated rings. The first-order chi connectivity index (χ1) is 9.85. The second-order valence-corrected chi connectivity index (χ2v) is 7.88. The topological polar surface area (TPSA) is 37.8 Å². The summed E-state index contributed by atoms with van der Waals surface area (Å²) in [7, 11) is 0. The molecule has 0 aliphatic carbocycles. The minimum atomic E-state index is -0.276. The molecule has 0 aliphatic heterocycles. The standard InChI is InChI=1S/C15H19BrFN3S/c1-15(2,3)18-8-4-5-13-19-20-14(21-13)11-7-6-10(16)9-12(11)17/h6-7,9,18H,4-5,8H2,1-3H3. The zero-order valence-electron chi connectivity index (χ0n) is 12.4. The van der Waals surface area contributed by atoms with E-state index in [-0.39, 0.29) is 11.4 Å². The van der Waals surface area contributed by atoms with Gasteiger partial charge in [0.05, 0.1) is 0 Å². The largest absolute Gasteiger partial charge is 0.312 e. The van der Waals surface area contributed by atoms with Crippen LogP contribution in [-0.2, 0) is 6.42 Å². The van der Waals surface area contributed by atoms with Gasteiger partial charge in [-0.15, -0.1) is 10.2 Å².